The maximum absolute atomic E-state index is 13.3. The summed E-state index contributed by atoms with van der Waals surface area (Å²) < 4.78 is 8.14. The minimum atomic E-state index is -2.95. The van der Waals surface area contributed by atoms with E-state index in [1.165, 1.54) is 11.3 Å². The highest BCUT2D eigenvalue weighted by Gasteiger charge is 2.52. The Hall–Kier alpha value is -3.17. The van der Waals surface area contributed by atoms with E-state index in [2.05, 4.69) is 95.5 Å². The number of amides is 1. The predicted molar refractivity (Wildman–Crippen MR) is 179 cm³/mol. The Morgan fingerprint density at radius 2 is 1.59 bits per heavy atom. The van der Waals surface area contributed by atoms with Gasteiger partial charge in [0.25, 0.3) is 0 Å². The Labute approximate surface area is 259 Å². The van der Waals surface area contributed by atoms with Gasteiger partial charge in [0.15, 0.2) is 5.13 Å². The smallest absolute Gasteiger partial charge is 0.320 e. The first-order valence-electron chi connectivity index (χ1n) is 13.3. The summed E-state index contributed by atoms with van der Waals surface area (Å²) >= 11 is 11.3. The van der Waals surface area contributed by atoms with Gasteiger partial charge in [0, 0.05) is 16.8 Å². The predicted octanol–water partition coefficient (Wildman–Crippen LogP) is 7.42. The number of nitrogens with two attached hydrogens (primary N) is 1. The largest absolute Gasteiger partial charge is 0.532 e. The van der Waals surface area contributed by atoms with Crippen molar-refractivity contribution in [2.45, 2.75) is 37.1 Å². The number of alkyl halides is 1. The van der Waals surface area contributed by atoms with Gasteiger partial charge >= 0.3 is 8.32 Å². The van der Waals surface area contributed by atoms with Gasteiger partial charge in [-0.25, -0.2) is 4.98 Å². The van der Waals surface area contributed by atoms with Crippen LogP contribution >= 0.6 is 38.9 Å². The SMILES string of the molecule is CC(C)(C)[Si](Oc1cc(NC(=O)C(Br)Cc2ccccc2Cl)cc2sc(N)nc12)(c1ccccc1)c1ccccc1. The number of halogens is 2. The lowest BCUT2D eigenvalue weighted by atomic mass is 10.1. The van der Waals surface area contributed by atoms with Gasteiger partial charge in [-0.15, -0.1) is 0 Å². The molecule has 5 rings (SSSR count). The number of benzene rings is 4. The third kappa shape index (κ3) is 6.06. The summed E-state index contributed by atoms with van der Waals surface area (Å²) in [6.45, 7) is 6.67. The number of nitrogens with one attached hydrogen (secondary N) is 1. The van der Waals surface area contributed by atoms with Crippen LogP contribution < -0.4 is 25.8 Å². The van der Waals surface area contributed by atoms with Crippen molar-refractivity contribution in [1.29, 1.82) is 0 Å². The van der Waals surface area contributed by atoms with Crippen LogP contribution in [0, 0.1) is 0 Å². The minimum absolute atomic E-state index is 0.182. The van der Waals surface area contributed by atoms with Crippen LogP contribution in [0.25, 0.3) is 10.2 Å². The molecule has 5 nitrogen and oxygen atoms in total. The van der Waals surface area contributed by atoms with Crippen LogP contribution in [0.15, 0.2) is 97.1 Å². The molecule has 0 spiro atoms. The zero-order chi connectivity index (χ0) is 29.2. The zero-order valence-electron chi connectivity index (χ0n) is 23.0. The number of nitrogen functional groups attached to an aromatic ring is 1. The number of fused-ring (bicyclic) bond motifs is 1. The number of thiazole rings is 1. The van der Waals surface area contributed by atoms with Crippen molar-refractivity contribution < 1.29 is 9.22 Å². The monoisotopic (exact) mass is 663 g/mol. The van der Waals surface area contributed by atoms with E-state index in [0.717, 1.165) is 20.6 Å². The molecule has 1 unspecified atom stereocenters. The zero-order valence-corrected chi connectivity index (χ0v) is 27.2. The second kappa shape index (κ2) is 12.0. The molecule has 1 atom stereocenters. The summed E-state index contributed by atoms with van der Waals surface area (Å²) in [5.74, 6) is 0.412. The molecule has 0 saturated heterocycles. The van der Waals surface area contributed by atoms with Gasteiger partial charge in [-0.3, -0.25) is 4.79 Å². The van der Waals surface area contributed by atoms with Crippen LogP contribution in [0.4, 0.5) is 10.8 Å². The summed E-state index contributed by atoms with van der Waals surface area (Å²) in [7, 11) is -2.95. The van der Waals surface area contributed by atoms with Crippen LogP contribution in [0.1, 0.15) is 26.3 Å². The Morgan fingerprint density at radius 3 is 2.17 bits per heavy atom. The maximum Gasteiger partial charge on any atom is 0.320 e. The standard InChI is InChI=1S/C32H31BrClN3O2SSi/c1-32(2,3)41(23-13-6-4-7-14-23,24-15-8-5-9-16-24)39-27-19-22(20-28-29(27)37-31(35)40-28)36-30(38)25(33)18-21-12-10-11-17-26(21)34/h4-17,19-20,25H,18H2,1-3H3,(H2,35,37)(H,36,38). The Balaban J connectivity index is 1.58. The fourth-order valence-corrected chi connectivity index (χ4v) is 11.0. The molecule has 0 radical (unpaired) electrons. The van der Waals surface area contributed by atoms with Crippen LogP contribution in [0.2, 0.25) is 10.1 Å². The first-order chi connectivity index (χ1) is 19.6. The van der Waals surface area contributed by atoms with Crippen LogP contribution in [0.5, 0.6) is 5.75 Å². The molecular weight excluding hydrogens is 634 g/mol. The molecule has 0 aliphatic heterocycles. The molecule has 210 valence electrons. The van der Waals surface area contributed by atoms with Crippen molar-refractivity contribution in [2.75, 3.05) is 11.1 Å². The molecule has 0 fully saturated rings. The lowest BCUT2D eigenvalue weighted by Gasteiger charge is -2.43. The Bertz CT molecular complexity index is 1640. The first-order valence-corrected chi connectivity index (χ1v) is 17.3. The number of hydrogen-bond acceptors (Lipinski definition) is 5. The number of carbonyl (C=O) groups is 1. The number of anilines is 2. The second-order valence-corrected chi connectivity index (χ2v) is 17.7. The van der Waals surface area contributed by atoms with Gasteiger partial charge in [0.05, 0.1) is 9.53 Å². The van der Waals surface area contributed by atoms with Crippen LogP contribution in [-0.2, 0) is 11.2 Å². The van der Waals surface area contributed by atoms with E-state index in [-0.39, 0.29) is 10.9 Å². The molecule has 0 saturated carbocycles. The van der Waals surface area contributed by atoms with Crippen molar-refractivity contribution >= 4 is 84.5 Å². The average Bonchev–Trinajstić information content (AvgIpc) is 3.33. The average molecular weight is 665 g/mol. The third-order valence-corrected chi connectivity index (χ3v) is 13.9. The molecule has 4 aromatic carbocycles. The van der Waals surface area contributed by atoms with Gasteiger partial charge in [0.1, 0.15) is 11.3 Å². The molecule has 41 heavy (non-hydrogen) atoms. The number of rotatable bonds is 8. The normalized spacial score (nSPS) is 12.7. The summed E-state index contributed by atoms with van der Waals surface area (Å²) in [6.07, 6.45) is 0.451. The van der Waals surface area contributed by atoms with Gasteiger partial charge in [-0.2, -0.15) is 0 Å². The van der Waals surface area contributed by atoms with Gasteiger partial charge in [0.2, 0.25) is 5.91 Å². The summed E-state index contributed by atoms with van der Waals surface area (Å²) in [4.78, 5) is 17.5. The van der Waals surface area contributed by atoms with Gasteiger partial charge in [-0.1, -0.05) is 139 Å². The van der Waals surface area contributed by atoms with Gasteiger partial charge in [-0.05, 0) is 39.5 Å². The molecule has 0 bridgehead atoms. The van der Waals surface area contributed by atoms with E-state index < -0.39 is 13.1 Å². The van der Waals surface area contributed by atoms with Crippen LogP contribution in [0.3, 0.4) is 0 Å². The number of nitrogens with zero attached hydrogens (tertiary/aromatic N) is 1. The van der Waals surface area contributed by atoms with E-state index in [1.807, 2.05) is 48.5 Å². The summed E-state index contributed by atoms with van der Waals surface area (Å²) in [6, 6.07) is 32.1. The number of aromatic nitrogens is 1. The molecule has 3 N–H and O–H groups in total. The van der Waals surface area contributed by atoms with E-state index >= 15 is 0 Å². The van der Waals surface area contributed by atoms with Crippen molar-refractivity contribution in [2.24, 2.45) is 0 Å². The maximum atomic E-state index is 13.3. The van der Waals surface area contributed by atoms with Crippen LogP contribution in [-0.4, -0.2) is 24.0 Å². The quantitative estimate of drug-likeness (QED) is 0.134. The topological polar surface area (TPSA) is 77.2 Å². The lowest BCUT2D eigenvalue weighted by molar-refractivity contribution is -0.115. The summed E-state index contributed by atoms with van der Waals surface area (Å²) in [5.41, 5.74) is 8.38. The molecule has 9 heteroatoms. The highest BCUT2D eigenvalue weighted by atomic mass is 79.9. The Morgan fingerprint density at radius 1 is 1.00 bits per heavy atom. The molecule has 1 amide bonds. The van der Waals surface area contributed by atoms with Crippen molar-refractivity contribution in [3.8, 4) is 5.75 Å². The Kier molecular flexibility index (Phi) is 8.57. The molecule has 5 aromatic rings. The molecule has 0 aliphatic rings. The first kappa shape index (κ1) is 29.3. The molecule has 0 aliphatic carbocycles. The van der Waals surface area contributed by atoms with Crippen molar-refractivity contribution in [3.05, 3.63) is 108 Å². The molecule has 1 aromatic heterocycles. The summed E-state index contributed by atoms with van der Waals surface area (Å²) in [5, 5.41) is 6.18. The second-order valence-electron chi connectivity index (χ2n) is 10.9. The minimum Gasteiger partial charge on any atom is -0.532 e. The van der Waals surface area contributed by atoms with Crippen molar-refractivity contribution in [1.82, 2.24) is 4.98 Å². The van der Waals surface area contributed by atoms with E-state index in [9.17, 15) is 4.79 Å². The lowest BCUT2D eigenvalue weighted by Crippen LogP contribution is -2.68. The highest BCUT2D eigenvalue weighted by Crippen LogP contribution is 2.41. The molecule has 1 heterocycles. The molecular formula is C32H31BrClN3O2SSi. The third-order valence-electron chi connectivity index (χ3n) is 7.07. The van der Waals surface area contributed by atoms with Crippen molar-refractivity contribution in [3.63, 3.8) is 0 Å². The number of hydrogen-bond donors (Lipinski definition) is 2. The van der Waals surface area contributed by atoms with E-state index in [0.29, 0.717) is 33.5 Å². The van der Waals surface area contributed by atoms with Gasteiger partial charge < -0.3 is 15.5 Å². The van der Waals surface area contributed by atoms with E-state index in [1.54, 1.807) is 0 Å². The fourth-order valence-electron chi connectivity index (χ4n) is 5.15. The highest BCUT2D eigenvalue weighted by molar-refractivity contribution is 9.10. The number of carbonyl (C=O) groups excluding carboxylic acids is 1. The fraction of sp³-hybridized carbons (Fsp3) is 0.188. The van der Waals surface area contributed by atoms with E-state index in [4.69, 9.17) is 21.8 Å².